The summed E-state index contributed by atoms with van der Waals surface area (Å²) in [7, 11) is 0. The van der Waals surface area contributed by atoms with Crippen molar-refractivity contribution in [3.8, 4) is 18.0 Å². The standard InChI is InChI=1S/C20H17N11O/c1-2-12(26-17-11(9-22)16(23)28-20(24)29-17)18-27-13-5-3-4-10(8-21)15(13)19(32)31(18)14-6-7-25-30-14/h3-7,12H,2H2,1H3,(H,25,30)(H5,23,24,26,28,29)/t12-/m0/s1. The van der Waals surface area contributed by atoms with Crippen LogP contribution in [0.5, 0.6) is 0 Å². The maximum atomic E-state index is 13.5. The summed E-state index contributed by atoms with van der Waals surface area (Å²) in [6.07, 6.45) is 1.96. The molecule has 3 heterocycles. The largest absolute Gasteiger partial charge is 0.382 e. The summed E-state index contributed by atoms with van der Waals surface area (Å²) in [6.45, 7) is 1.87. The van der Waals surface area contributed by atoms with Gasteiger partial charge in [-0.25, -0.2) is 9.55 Å². The molecule has 1 aromatic carbocycles. The molecule has 0 aliphatic heterocycles. The molecule has 1 atom stereocenters. The van der Waals surface area contributed by atoms with E-state index in [1.54, 1.807) is 24.3 Å². The molecule has 32 heavy (non-hydrogen) atoms. The second-order valence-corrected chi connectivity index (χ2v) is 6.77. The molecule has 0 aliphatic rings. The van der Waals surface area contributed by atoms with Crippen LogP contribution in [-0.2, 0) is 0 Å². The van der Waals surface area contributed by atoms with Crippen molar-refractivity contribution in [1.82, 2.24) is 29.7 Å². The zero-order chi connectivity index (χ0) is 22.8. The van der Waals surface area contributed by atoms with Crippen LogP contribution in [0.25, 0.3) is 16.7 Å². The lowest BCUT2D eigenvalue weighted by Gasteiger charge is -2.22. The minimum absolute atomic E-state index is 0.0284. The van der Waals surface area contributed by atoms with Crippen LogP contribution in [0.1, 0.15) is 36.3 Å². The fraction of sp³-hybridized carbons (Fsp3) is 0.150. The Morgan fingerprint density at radius 1 is 1.19 bits per heavy atom. The summed E-state index contributed by atoms with van der Waals surface area (Å²) in [5.41, 5.74) is 11.7. The second kappa shape index (κ2) is 8.04. The number of anilines is 3. The highest BCUT2D eigenvalue weighted by molar-refractivity contribution is 5.84. The number of nitrogens with zero attached hydrogens (tertiary/aromatic N) is 7. The molecule has 4 rings (SSSR count). The third kappa shape index (κ3) is 3.32. The zero-order valence-electron chi connectivity index (χ0n) is 16.9. The first-order chi connectivity index (χ1) is 15.5. The molecule has 0 fully saturated rings. The first kappa shape index (κ1) is 20.3. The molecular weight excluding hydrogens is 410 g/mol. The Balaban J connectivity index is 1.98. The second-order valence-electron chi connectivity index (χ2n) is 6.77. The van der Waals surface area contributed by atoms with Crippen molar-refractivity contribution in [3.63, 3.8) is 0 Å². The van der Waals surface area contributed by atoms with Gasteiger partial charge in [-0.05, 0) is 18.6 Å². The number of aromatic amines is 1. The van der Waals surface area contributed by atoms with E-state index in [1.807, 2.05) is 19.1 Å². The number of benzene rings is 1. The van der Waals surface area contributed by atoms with Gasteiger partial charge in [-0.2, -0.15) is 25.6 Å². The van der Waals surface area contributed by atoms with Crippen LogP contribution in [0.3, 0.4) is 0 Å². The molecule has 12 heteroatoms. The van der Waals surface area contributed by atoms with Gasteiger partial charge in [0.2, 0.25) is 5.95 Å². The first-order valence-electron chi connectivity index (χ1n) is 9.53. The van der Waals surface area contributed by atoms with E-state index in [-0.39, 0.29) is 34.1 Å². The molecule has 12 nitrogen and oxygen atoms in total. The van der Waals surface area contributed by atoms with Gasteiger partial charge in [-0.15, -0.1) is 0 Å². The van der Waals surface area contributed by atoms with Gasteiger partial charge in [0.15, 0.2) is 5.82 Å². The van der Waals surface area contributed by atoms with Gasteiger partial charge in [0.1, 0.15) is 35.2 Å². The monoisotopic (exact) mass is 427 g/mol. The van der Waals surface area contributed by atoms with Crippen molar-refractivity contribution in [2.24, 2.45) is 0 Å². The van der Waals surface area contributed by atoms with E-state index < -0.39 is 11.6 Å². The quantitative estimate of drug-likeness (QED) is 0.360. The van der Waals surface area contributed by atoms with E-state index in [0.717, 1.165) is 0 Å². The van der Waals surface area contributed by atoms with Crippen LogP contribution in [0.15, 0.2) is 35.3 Å². The third-order valence-corrected chi connectivity index (χ3v) is 4.87. The minimum Gasteiger partial charge on any atom is -0.382 e. The van der Waals surface area contributed by atoms with Crippen molar-refractivity contribution >= 4 is 28.5 Å². The Morgan fingerprint density at radius 2 is 2.00 bits per heavy atom. The average Bonchev–Trinajstić information content (AvgIpc) is 3.31. The molecule has 6 N–H and O–H groups in total. The van der Waals surface area contributed by atoms with Crippen molar-refractivity contribution in [3.05, 3.63) is 57.8 Å². The van der Waals surface area contributed by atoms with Crippen molar-refractivity contribution in [2.45, 2.75) is 19.4 Å². The molecule has 0 unspecified atom stereocenters. The predicted molar refractivity (Wildman–Crippen MR) is 116 cm³/mol. The Labute approximate surface area is 181 Å². The van der Waals surface area contributed by atoms with Crippen molar-refractivity contribution in [1.29, 1.82) is 10.5 Å². The van der Waals surface area contributed by atoms with E-state index in [0.29, 0.717) is 23.6 Å². The van der Waals surface area contributed by atoms with Gasteiger partial charge < -0.3 is 16.8 Å². The number of nitrogens with one attached hydrogen (secondary N) is 2. The molecule has 4 aromatic rings. The number of nitriles is 2. The van der Waals surface area contributed by atoms with Crippen LogP contribution in [-0.4, -0.2) is 29.7 Å². The van der Waals surface area contributed by atoms with Gasteiger partial charge in [0.25, 0.3) is 5.56 Å². The fourth-order valence-electron chi connectivity index (χ4n) is 3.41. The Hall–Kier alpha value is -4.97. The highest BCUT2D eigenvalue weighted by atomic mass is 16.1. The Morgan fingerprint density at radius 3 is 2.66 bits per heavy atom. The van der Waals surface area contributed by atoms with Crippen LogP contribution in [0.2, 0.25) is 0 Å². The normalized spacial score (nSPS) is 11.6. The van der Waals surface area contributed by atoms with Crippen LogP contribution in [0, 0.1) is 22.7 Å². The summed E-state index contributed by atoms with van der Waals surface area (Å²) >= 11 is 0. The number of aromatic nitrogens is 6. The van der Waals surface area contributed by atoms with Gasteiger partial charge in [0, 0.05) is 6.07 Å². The van der Waals surface area contributed by atoms with Crippen molar-refractivity contribution < 1.29 is 0 Å². The molecular formula is C20H17N11O. The van der Waals surface area contributed by atoms with Crippen LogP contribution in [0.4, 0.5) is 17.6 Å². The molecule has 0 saturated carbocycles. The van der Waals surface area contributed by atoms with Crippen LogP contribution < -0.4 is 22.3 Å². The van der Waals surface area contributed by atoms with E-state index in [9.17, 15) is 15.3 Å². The molecule has 0 amide bonds. The minimum atomic E-state index is -0.582. The van der Waals surface area contributed by atoms with E-state index >= 15 is 0 Å². The summed E-state index contributed by atoms with van der Waals surface area (Å²) < 4.78 is 1.34. The molecule has 158 valence electrons. The van der Waals surface area contributed by atoms with E-state index in [4.69, 9.17) is 11.5 Å². The average molecular weight is 427 g/mol. The maximum absolute atomic E-state index is 13.5. The highest BCUT2D eigenvalue weighted by Gasteiger charge is 2.24. The third-order valence-electron chi connectivity index (χ3n) is 4.87. The topological polar surface area (TPSA) is 201 Å². The molecule has 0 spiro atoms. The number of rotatable bonds is 5. The maximum Gasteiger partial charge on any atom is 0.268 e. The smallest absolute Gasteiger partial charge is 0.268 e. The number of hydrogen-bond acceptors (Lipinski definition) is 10. The van der Waals surface area contributed by atoms with E-state index in [1.165, 1.54) is 10.8 Å². The number of nitrogen functional groups attached to an aromatic ring is 2. The molecule has 0 radical (unpaired) electrons. The molecule has 3 aromatic heterocycles. The number of H-pyrrole nitrogens is 1. The summed E-state index contributed by atoms with van der Waals surface area (Å²) in [4.78, 5) is 26.1. The lowest BCUT2D eigenvalue weighted by atomic mass is 10.1. The predicted octanol–water partition coefficient (Wildman–Crippen LogP) is 1.37. The molecule has 0 saturated heterocycles. The van der Waals surface area contributed by atoms with E-state index in [2.05, 4.69) is 30.5 Å². The number of hydrogen-bond donors (Lipinski definition) is 4. The van der Waals surface area contributed by atoms with Crippen molar-refractivity contribution in [2.75, 3.05) is 16.8 Å². The number of fused-ring (bicyclic) bond motifs is 1. The van der Waals surface area contributed by atoms with Crippen LogP contribution >= 0.6 is 0 Å². The molecule has 0 bridgehead atoms. The van der Waals surface area contributed by atoms with Gasteiger partial charge in [-0.1, -0.05) is 13.0 Å². The Bertz CT molecular complexity index is 1460. The molecule has 0 aliphatic carbocycles. The van der Waals surface area contributed by atoms with Gasteiger partial charge in [0.05, 0.1) is 28.7 Å². The highest BCUT2D eigenvalue weighted by Crippen LogP contribution is 2.27. The van der Waals surface area contributed by atoms with Gasteiger partial charge in [-0.3, -0.25) is 9.89 Å². The summed E-state index contributed by atoms with van der Waals surface area (Å²) in [6, 6.07) is 9.91. The summed E-state index contributed by atoms with van der Waals surface area (Å²) in [5, 5.41) is 29.0. The number of nitrogens with two attached hydrogens (primary N) is 2. The Kier molecular flexibility index (Phi) is 5.10. The fourth-order valence-corrected chi connectivity index (χ4v) is 3.41. The van der Waals surface area contributed by atoms with Gasteiger partial charge >= 0.3 is 0 Å². The lowest BCUT2D eigenvalue weighted by Crippen LogP contribution is -2.29. The SMILES string of the molecule is CC[C@H](Nc1nc(N)nc(N)c1C#N)c1nc2cccc(C#N)c2c(=O)n1-c1ccn[nH]1. The first-order valence-corrected chi connectivity index (χ1v) is 9.53. The summed E-state index contributed by atoms with van der Waals surface area (Å²) in [5.74, 6) is 0.655. The lowest BCUT2D eigenvalue weighted by molar-refractivity contribution is 0.652. The zero-order valence-corrected chi connectivity index (χ0v) is 16.9.